The Hall–Kier alpha value is 0.0590. The Balaban J connectivity index is 3.17. The van der Waals surface area contributed by atoms with E-state index < -0.39 is 0 Å². The Morgan fingerprint density at radius 2 is 1.78 bits per heavy atom. The molecule has 0 saturated heterocycles. The monoisotopic (exact) mass is 254 g/mol. The van der Waals surface area contributed by atoms with E-state index in [4.69, 9.17) is 5.11 Å². The van der Waals surface area contributed by atoms with Gasteiger partial charge in [-0.1, -0.05) is 0 Å². The molecule has 0 unspecified atom stereocenters. The molecular formula is C6H6OSe2. The maximum absolute atomic E-state index is 8.92. The first-order valence-electron chi connectivity index (χ1n) is 2.41. The Morgan fingerprint density at radius 3 is 2.22 bits per heavy atom. The topological polar surface area (TPSA) is 20.2 Å². The zero-order chi connectivity index (χ0) is 6.85. The molecule has 0 fully saturated rings. The molecule has 0 heterocycles. The molecule has 9 heavy (non-hydrogen) atoms. The van der Waals surface area contributed by atoms with E-state index in [0.717, 1.165) is 8.92 Å². The fourth-order valence-electron chi connectivity index (χ4n) is 0.512. The average Bonchev–Trinajstić information content (AvgIpc) is 1.80. The number of hydrogen-bond donors (Lipinski definition) is 1. The van der Waals surface area contributed by atoms with E-state index >= 15 is 0 Å². The number of benzene rings is 1. The minimum atomic E-state index is 0.320. The molecule has 0 radical (unpaired) electrons. The molecule has 1 aromatic carbocycles. The number of aromatic hydroxyl groups is 1. The van der Waals surface area contributed by atoms with Gasteiger partial charge in [0.1, 0.15) is 0 Å². The van der Waals surface area contributed by atoms with Crippen molar-refractivity contribution in [3.63, 3.8) is 0 Å². The van der Waals surface area contributed by atoms with Gasteiger partial charge in [0.2, 0.25) is 0 Å². The summed E-state index contributed by atoms with van der Waals surface area (Å²) in [5.74, 6) is 0.320. The van der Waals surface area contributed by atoms with E-state index in [1.54, 1.807) is 12.1 Å². The Kier molecular flexibility index (Phi) is 2.20. The summed E-state index contributed by atoms with van der Waals surface area (Å²) in [7, 11) is 0. The molecule has 1 N–H and O–H groups in total. The summed E-state index contributed by atoms with van der Waals surface area (Å²) in [6.45, 7) is 0. The van der Waals surface area contributed by atoms with Gasteiger partial charge >= 0.3 is 70.0 Å². The zero-order valence-electron chi connectivity index (χ0n) is 4.57. The van der Waals surface area contributed by atoms with Crippen LogP contribution >= 0.6 is 0 Å². The summed E-state index contributed by atoms with van der Waals surface area (Å²) in [6.07, 6.45) is 0. The van der Waals surface area contributed by atoms with E-state index in [9.17, 15) is 0 Å². The molecule has 0 aliphatic carbocycles. The van der Waals surface area contributed by atoms with Crippen LogP contribution in [0.15, 0.2) is 18.2 Å². The van der Waals surface area contributed by atoms with Gasteiger partial charge in [-0.15, -0.1) is 0 Å². The van der Waals surface area contributed by atoms with Crippen LogP contribution < -0.4 is 8.92 Å². The van der Waals surface area contributed by atoms with Gasteiger partial charge in [0.15, 0.2) is 0 Å². The third-order valence-electron chi connectivity index (χ3n) is 0.959. The second-order valence-electron chi connectivity index (χ2n) is 1.67. The van der Waals surface area contributed by atoms with Crippen molar-refractivity contribution in [2.45, 2.75) is 0 Å². The van der Waals surface area contributed by atoms with Crippen LogP contribution in [0.2, 0.25) is 0 Å². The van der Waals surface area contributed by atoms with Crippen molar-refractivity contribution in [3.8, 4) is 5.75 Å². The van der Waals surface area contributed by atoms with Gasteiger partial charge in [-0.2, -0.15) is 0 Å². The summed E-state index contributed by atoms with van der Waals surface area (Å²) < 4.78 is 2.17. The van der Waals surface area contributed by atoms with Crippen LogP contribution in [0.3, 0.4) is 0 Å². The van der Waals surface area contributed by atoms with Crippen LogP contribution in [-0.4, -0.2) is 37.1 Å². The van der Waals surface area contributed by atoms with Crippen LogP contribution in [-0.2, 0) is 0 Å². The van der Waals surface area contributed by atoms with E-state index in [1.165, 1.54) is 0 Å². The molecule has 0 bridgehead atoms. The molecule has 0 saturated carbocycles. The fraction of sp³-hybridized carbons (Fsp3) is 0. The molecule has 0 aromatic heterocycles. The predicted molar refractivity (Wildman–Crippen MR) is 41.7 cm³/mol. The van der Waals surface area contributed by atoms with Crippen LogP contribution in [0.25, 0.3) is 0 Å². The van der Waals surface area contributed by atoms with Crippen molar-refractivity contribution in [2.24, 2.45) is 0 Å². The molecule has 1 rings (SSSR count). The molecule has 1 nitrogen and oxygen atoms in total. The van der Waals surface area contributed by atoms with Crippen molar-refractivity contribution in [3.05, 3.63) is 18.2 Å². The van der Waals surface area contributed by atoms with Crippen molar-refractivity contribution in [1.82, 2.24) is 0 Å². The van der Waals surface area contributed by atoms with Crippen LogP contribution in [0.5, 0.6) is 5.75 Å². The van der Waals surface area contributed by atoms with E-state index in [1.807, 2.05) is 6.07 Å². The van der Waals surface area contributed by atoms with Crippen molar-refractivity contribution >= 4 is 40.9 Å². The summed E-state index contributed by atoms with van der Waals surface area (Å²) in [6, 6.07) is 5.25. The quantitative estimate of drug-likeness (QED) is 0.554. The maximum atomic E-state index is 8.92. The van der Waals surface area contributed by atoms with Crippen molar-refractivity contribution in [2.75, 3.05) is 0 Å². The van der Waals surface area contributed by atoms with Crippen molar-refractivity contribution < 1.29 is 5.11 Å². The Bertz CT molecular complexity index is 222. The molecule has 0 amide bonds. The predicted octanol–water partition coefficient (Wildman–Crippen LogP) is -1.56. The summed E-state index contributed by atoms with van der Waals surface area (Å²) >= 11 is 4.84. The van der Waals surface area contributed by atoms with Gasteiger partial charge in [0.25, 0.3) is 0 Å². The van der Waals surface area contributed by atoms with Gasteiger partial charge in [0.05, 0.1) is 0 Å². The van der Waals surface area contributed by atoms with E-state index in [-0.39, 0.29) is 0 Å². The molecule has 0 aliphatic rings. The summed E-state index contributed by atoms with van der Waals surface area (Å²) in [5, 5.41) is 8.92. The molecule has 0 aliphatic heterocycles. The van der Waals surface area contributed by atoms with Gasteiger partial charge in [-0.05, 0) is 0 Å². The van der Waals surface area contributed by atoms with Crippen molar-refractivity contribution in [1.29, 1.82) is 0 Å². The normalized spacial score (nSPS) is 9.56. The standard InChI is InChI=1S/C6H6OSe2/c7-4-1-2-5(8)6(9)3-4/h1-3,7-9H. The molecule has 1 aromatic rings. The first kappa shape index (κ1) is 7.17. The van der Waals surface area contributed by atoms with Gasteiger partial charge in [-0.3, -0.25) is 0 Å². The molecule has 3 heteroatoms. The third-order valence-corrected chi connectivity index (χ3v) is 3.38. The van der Waals surface area contributed by atoms with Crippen LogP contribution in [0.1, 0.15) is 0 Å². The minimum absolute atomic E-state index is 0.320. The number of phenolic OH excluding ortho intramolecular Hbond substituents is 1. The Morgan fingerprint density at radius 1 is 1.11 bits per heavy atom. The second-order valence-corrected chi connectivity index (χ2v) is 3.69. The molecular weight excluding hydrogens is 246 g/mol. The first-order valence-corrected chi connectivity index (χ1v) is 4.29. The molecule has 0 spiro atoms. The third kappa shape index (κ3) is 1.73. The van der Waals surface area contributed by atoms with Gasteiger partial charge in [0, 0.05) is 0 Å². The van der Waals surface area contributed by atoms with Gasteiger partial charge < -0.3 is 0 Å². The fourth-order valence-corrected chi connectivity index (χ4v) is 1.24. The molecule has 48 valence electrons. The van der Waals surface area contributed by atoms with Crippen LogP contribution in [0.4, 0.5) is 0 Å². The average molecular weight is 252 g/mol. The SMILES string of the molecule is Oc1ccc([SeH])c([SeH])c1. The van der Waals surface area contributed by atoms with Crippen LogP contribution in [0, 0.1) is 0 Å². The Labute approximate surface area is 70.1 Å². The van der Waals surface area contributed by atoms with E-state index in [2.05, 4.69) is 32.0 Å². The summed E-state index contributed by atoms with van der Waals surface area (Å²) in [5.41, 5.74) is 0. The zero-order valence-corrected chi connectivity index (χ0v) is 8.33. The second kappa shape index (κ2) is 2.76. The first-order chi connectivity index (χ1) is 4.20. The summed E-state index contributed by atoms with van der Waals surface area (Å²) in [4.78, 5) is 0. The number of rotatable bonds is 0. The van der Waals surface area contributed by atoms with Gasteiger partial charge in [-0.25, -0.2) is 0 Å². The number of hydrogen-bond acceptors (Lipinski definition) is 1. The number of phenols is 1. The van der Waals surface area contributed by atoms with E-state index in [0.29, 0.717) is 5.75 Å². The molecule has 0 atom stereocenters.